The molecule has 0 aliphatic carbocycles. The van der Waals surface area contributed by atoms with Crippen LogP contribution in [0.15, 0.2) is 30.5 Å². The topological polar surface area (TPSA) is 36.1 Å². The Kier molecular flexibility index (Phi) is 2.94. The molecule has 3 nitrogen and oxygen atoms in total. The molecular formula is C16H20N2O. The minimum Gasteiger partial charge on any atom is -0.361 e. The van der Waals surface area contributed by atoms with Crippen LogP contribution in [0.1, 0.15) is 32.3 Å². The lowest BCUT2D eigenvalue weighted by molar-refractivity contribution is -0.133. The van der Waals surface area contributed by atoms with Crippen molar-refractivity contribution in [3.8, 4) is 0 Å². The normalized spacial score (nSPS) is 20.0. The van der Waals surface area contributed by atoms with Gasteiger partial charge in [0.2, 0.25) is 0 Å². The quantitative estimate of drug-likeness (QED) is 0.896. The van der Waals surface area contributed by atoms with E-state index in [2.05, 4.69) is 34.3 Å². The lowest BCUT2D eigenvalue weighted by atomic mass is 9.88. The molecule has 0 spiro atoms. The molecule has 1 fully saturated rings. The maximum absolute atomic E-state index is 12.1. The van der Waals surface area contributed by atoms with Gasteiger partial charge in [-0.05, 0) is 38.4 Å². The summed E-state index contributed by atoms with van der Waals surface area (Å²) in [6.07, 6.45) is 3.77. The van der Waals surface area contributed by atoms with Crippen LogP contribution in [0, 0.1) is 0 Å². The number of aromatic amines is 1. The zero-order chi connectivity index (χ0) is 13.5. The average Bonchev–Trinajstić information content (AvgIpc) is 2.79. The number of carbonyl (C=O) groups is 1. The highest BCUT2D eigenvalue weighted by molar-refractivity contribution is 5.88. The van der Waals surface area contributed by atoms with Crippen LogP contribution in [-0.4, -0.2) is 27.8 Å². The van der Waals surface area contributed by atoms with Crippen molar-refractivity contribution in [2.45, 2.75) is 38.8 Å². The molecule has 19 heavy (non-hydrogen) atoms. The summed E-state index contributed by atoms with van der Waals surface area (Å²) < 4.78 is 0. The minimum atomic E-state index is -0.337. The van der Waals surface area contributed by atoms with Gasteiger partial charge in [-0.1, -0.05) is 18.2 Å². The fraction of sp³-hybridized carbons (Fsp3) is 0.438. The van der Waals surface area contributed by atoms with E-state index in [-0.39, 0.29) is 5.54 Å². The van der Waals surface area contributed by atoms with Gasteiger partial charge in [0.25, 0.3) is 0 Å². The van der Waals surface area contributed by atoms with E-state index in [0.717, 1.165) is 25.9 Å². The molecule has 3 rings (SSSR count). The van der Waals surface area contributed by atoms with Crippen LogP contribution < -0.4 is 0 Å². The Morgan fingerprint density at radius 1 is 1.32 bits per heavy atom. The van der Waals surface area contributed by atoms with Crippen LogP contribution in [0.3, 0.4) is 0 Å². The third kappa shape index (κ3) is 2.08. The molecule has 1 aliphatic rings. The Balaban J connectivity index is 1.90. The van der Waals surface area contributed by atoms with Crippen molar-refractivity contribution in [3.05, 3.63) is 36.0 Å². The number of fused-ring (bicyclic) bond motifs is 1. The molecule has 3 heteroatoms. The number of hydrogen-bond donors (Lipinski definition) is 1. The van der Waals surface area contributed by atoms with Crippen molar-refractivity contribution < 1.29 is 4.79 Å². The largest absolute Gasteiger partial charge is 0.361 e. The molecule has 1 N–H and O–H groups in total. The van der Waals surface area contributed by atoms with Crippen molar-refractivity contribution in [2.75, 3.05) is 6.54 Å². The van der Waals surface area contributed by atoms with Gasteiger partial charge in [-0.25, -0.2) is 0 Å². The van der Waals surface area contributed by atoms with Gasteiger partial charge in [-0.3, -0.25) is 9.69 Å². The van der Waals surface area contributed by atoms with Gasteiger partial charge in [0.1, 0.15) is 0 Å². The minimum absolute atomic E-state index is 0.337. The number of rotatable bonds is 2. The Labute approximate surface area is 113 Å². The number of likely N-dealkylation sites (tertiary alicyclic amines) is 1. The summed E-state index contributed by atoms with van der Waals surface area (Å²) in [6, 6.07) is 8.33. The zero-order valence-corrected chi connectivity index (χ0v) is 11.6. The van der Waals surface area contributed by atoms with Crippen molar-refractivity contribution in [1.29, 1.82) is 0 Å². The van der Waals surface area contributed by atoms with E-state index in [1.165, 1.54) is 16.5 Å². The summed E-state index contributed by atoms with van der Waals surface area (Å²) in [5.41, 5.74) is 2.10. The van der Waals surface area contributed by atoms with E-state index >= 15 is 0 Å². The predicted octanol–water partition coefficient (Wildman–Crippen LogP) is 3.11. The highest BCUT2D eigenvalue weighted by atomic mass is 16.1. The molecule has 0 unspecified atom stereocenters. The third-order valence-corrected chi connectivity index (χ3v) is 4.34. The second-order valence-corrected chi connectivity index (χ2v) is 5.87. The highest BCUT2D eigenvalue weighted by Gasteiger charge is 2.37. The molecule has 2 heterocycles. The van der Waals surface area contributed by atoms with E-state index < -0.39 is 0 Å². The molecular weight excluding hydrogens is 236 g/mol. The smallest absolute Gasteiger partial charge is 0.152 e. The summed E-state index contributed by atoms with van der Waals surface area (Å²) in [5, 5.41) is 1.26. The molecule has 100 valence electrons. The molecule has 0 saturated carbocycles. The van der Waals surface area contributed by atoms with Crippen molar-refractivity contribution in [2.24, 2.45) is 0 Å². The van der Waals surface area contributed by atoms with Crippen LogP contribution >= 0.6 is 0 Å². The monoisotopic (exact) mass is 256 g/mol. The van der Waals surface area contributed by atoms with Crippen LogP contribution in [0.25, 0.3) is 10.9 Å². The number of benzene rings is 1. The Hall–Kier alpha value is -1.61. The van der Waals surface area contributed by atoms with Gasteiger partial charge in [-0.15, -0.1) is 0 Å². The molecule has 0 bridgehead atoms. The van der Waals surface area contributed by atoms with Crippen molar-refractivity contribution >= 4 is 16.7 Å². The molecule has 2 aromatic rings. The highest BCUT2D eigenvalue weighted by Crippen LogP contribution is 2.28. The number of piperidine rings is 1. The average molecular weight is 256 g/mol. The van der Waals surface area contributed by atoms with E-state index in [1.54, 1.807) is 0 Å². The summed E-state index contributed by atoms with van der Waals surface area (Å²) in [6.45, 7) is 5.92. The standard InChI is InChI=1S/C16H20N2O/c1-16(2)15(19)8-5-9-18(16)11-12-10-17-14-7-4-3-6-13(12)14/h3-4,6-7,10,17H,5,8-9,11H2,1-2H3. The number of H-pyrrole nitrogens is 1. The lowest BCUT2D eigenvalue weighted by Gasteiger charge is -2.40. The van der Waals surface area contributed by atoms with Crippen molar-refractivity contribution in [1.82, 2.24) is 9.88 Å². The number of ketones is 1. The third-order valence-electron chi connectivity index (χ3n) is 4.34. The summed E-state index contributed by atoms with van der Waals surface area (Å²) in [5.74, 6) is 0.360. The SMILES string of the molecule is CC1(C)C(=O)CCCN1Cc1c[nH]c2ccccc12. The molecule has 1 aromatic carbocycles. The van der Waals surface area contributed by atoms with Gasteiger partial charge < -0.3 is 4.98 Å². The van der Waals surface area contributed by atoms with Crippen molar-refractivity contribution in [3.63, 3.8) is 0 Å². The first-order valence-electron chi connectivity index (χ1n) is 6.92. The summed E-state index contributed by atoms with van der Waals surface area (Å²) in [4.78, 5) is 17.7. The maximum Gasteiger partial charge on any atom is 0.152 e. The van der Waals surface area contributed by atoms with Crippen LogP contribution in [0.5, 0.6) is 0 Å². The molecule has 0 radical (unpaired) electrons. The second kappa shape index (κ2) is 4.49. The van der Waals surface area contributed by atoms with E-state index in [9.17, 15) is 4.79 Å². The van der Waals surface area contributed by atoms with Gasteiger partial charge >= 0.3 is 0 Å². The first-order chi connectivity index (χ1) is 9.09. The number of carbonyl (C=O) groups excluding carboxylic acids is 1. The number of nitrogens with one attached hydrogen (secondary N) is 1. The van der Waals surface area contributed by atoms with E-state index in [0.29, 0.717) is 5.78 Å². The molecule has 0 amide bonds. The number of aromatic nitrogens is 1. The summed E-state index contributed by atoms with van der Waals surface area (Å²) in [7, 11) is 0. The van der Waals surface area contributed by atoms with Crippen LogP contribution in [0.2, 0.25) is 0 Å². The second-order valence-electron chi connectivity index (χ2n) is 5.87. The Morgan fingerprint density at radius 3 is 2.95 bits per heavy atom. The number of Topliss-reactive ketones (excluding diaryl/α,β-unsaturated/α-hetero) is 1. The van der Waals surface area contributed by atoms with Gasteiger partial charge in [0, 0.05) is 30.1 Å². The molecule has 1 aromatic heterocycles. The Bertz CT molecular complexity index is 612. The maximum atomic E-state index is 12.1. The lowest BCUT2D eigenvalue weighted by Crippen LogP contribution is -2.53. The first-order valence-corrected chi connectivity index (χ1v) is 6.92. The number of hydrogen-bond acceptors (Lipinski definition) is 2. The fourth-order valence-corrected chi connectivity index (χ4v) is 2.94. The fourth-order valence-electron chi connectivity index (χ4n) is 2.94. The summed E-state index contributed by atoms with van der Waals surface area (Å²) >= 11 is 0. The van der Waals surface area contributed by atoms with Crippen LogP contribution in [-0.2, 0) is 11.3 Å². The van der Waals surface area contributed by atoms with E-state index in [1.807, 2.05) is 19.9 Å². The van der Waals surface area contributed by atoms with Gasteiger partial charge in [0.15, 0.2) is 5.78 Å². The van der Waals surface area contributed by atoms with Gasteiger partial charge in [0.05, 0.1) is 5.54 Å². The molecule has 0 atom stereocenters. The zero-order valence-electron chi connectivity index (χ0n) is 11.6. The first kappa shape index (κ1) is 12.4. The van der Waals surface area contributed by atoms with Gasteiger partial charge in [-0.2, -0.15) is 0 Å². The molecule has 1 saturated heterocycles. The Morgan fingerprint density at radius 2 is 2.11 bits per heavy atom. The van der Waals surface area contributed by atoms with E-state index in [4.69, 9.17) is 0 Å². The number of nitrogens with zero attached hydrogens (tertiary/aromatic N) is 1. The predicted molar refractivity (Wildman–Crippen MR) is 77.0 cm³/mol. The number of para-hydroxylation sites is 1. The van der Waals surface area contributed by atoms with Crippen LogP contribution in [0.4, 0.5) is 0 Å². The molecule has 1 aliphatic heterocycles.